The third kappa shape index (κ3) is 3.52. The highest BCUT2D eigenvalue weighted by molar-refractivity contribution is 7.89. The number of aliphatic hydroxyl groups is 1. The Morgan fingerprint density at radius 3 is 2.47 bits per heavy atom. The average molecular weight is 261 g/mol. The minimum atomic E-state index is -3.61. The highest BCUT2D eigenvalue weighted by Crippen LogP contribution is 2.16. The van der Waals surface area contributed by atoms with Gasteiger partial charge in [-0.2, -0.15) is 4.31 Å². The largest absolute Gasteiger partial charge is 0.389 e. The normalized spacial score (nSPS) is 13.3. The first kappa shape index (κ1) is 14.1. The molecule has 0 fully saturated rings. The molecule has 98 valence electrons. The second-order valence-corrected chi connectivity index (χ2v) is 6.48. The van der Waals surface area contributed by atoms with Gasteiger partial charge in [-0.15, -0.1) is 0 Å². The quantitative estimate of drug-likeness (QED) is 0.808. The van der Waals surface area contributed by atoms with E-state index in [9.17, 15) is 13.5 Å². The smallest absolute Gasteiger partial charge is 0.260 e. The molecule has 0 aliphatic carbocycles. The van der Waals surface area contributed by atoms with Crippen molar-refractivity contribution in [1.29, 1.82) is 0 Å². The first-order chi connectivity index (χ1) is 7.66. The van der Waals surface area contributed by atoms with E-state index in [0.29, 0.717) is 12.4 Å². The summed E-state index contributed by atoms with van der Waals surface area (Å²) in [7, 11) is -3.61. The molecule has 0 aliphatic rings. The van der Waals surface area contributed by atoms with Crippen LogP contribution in [0.1, 0.15) is 26.6 Å². The van der Waals surface area contributed by atoms with Crippen molar-refractivity contribution in [3.05, 3.63) is 12.0 Å². The molecule has 0 saturated carbocycles. The molecule has 0 saturated heterocycles. The molecule has 0 bridgehead atoms. The van der Waals surface area contributed by atoms with E-state index in [1.807, 2.05) is 0 Å². The van der Waals surface area contributed by atoms with E-state index in [4.69, 9.17) is 0 Å². The number of aromatic nitrogens is 2. The third-order valence-electron chi connectivity index (χ3n) is 2.21. The number of sulfonamides is 1. The summed E-state index contributed by atoms with van der Waals surface area (Å²) in [4.78, 5) is 6.57. The molecule has 0 spiro atoms. The SMILES string of the molecule is CCN(CC(C)(C)O)S(=O)(=O)c1cnc(C)[nH]1. The molecule has 1 rings (SSSR count). The number of imidazole rings is 1. The summed E-state index contributed by atoms with van der Waals surface area (Å²) in [6, 6.07) is 0. The van der Waals surface area contributed by atoms with Crippen molar-refractivity contribution >= 4 is 10.0 Å². The summed E-state index contributed by atoms with van der Waals surface area (Å²) in [5.74, 6) is 0.544. The van der Waals surface area contributed by atoms with Crippen LogP contribution in [-0.2, 0) is 10.0 Å². The predicted molar refractivity (Wildman–Crippen MR) is 64.1 cm³/mol. The molecule has 6 nitrogen and oxygen atoms in total. The van der Waals surface area contributed by atoms with Gasteiger partial charge in [0.2, 0.25) is 0 Å². The monoisotopic (exact) mass is 261 g/mol. The highest BCUT2D eigenvalue weighted by Gasteiger charge is 2.29. The van der Waals surface area contributed by atoms with Gasteiger partial charge in [-0.1, -0.05) is 6.92 Å². The molecule has 1 aromatic rings. The maximum Gasteiger partial charge on any atom is 0.260 e. The zero-order valence-corrected chi connectivity index (χ0v) is 11.4. The van der Waals surface area contributed by atoms with E-state index in [-0.39, 0.29) is 11.6 Å². The number of aryl methyl sites for hydroxylation is 1. The fraction of sp³-hybridized carbons (Fsp3) is 0.700. The van der Waals surface area contributed by atoms with Crippen LogP contribution in [0.15, 0.2) is 11.2 Å². The molecule has 2 N–H and O–H groups in total. The zero-order chi connectivity index (χ0) is 13.3. The highest BCUT2D eigenvalue weighted by atomic mass is 32.2. The zero-order valence-electron chi connectivity index (χ0n) is 10.6. The molecule has 0 radical (unpaired) electrons. The summed E-state index contributed by atoms with van der Waals surface area (Å²) >= 11 is 0. The molecule has 7 heteroatoms. The van der Waals surface area contributed by atoms with Crippen LogP contribution in [0.5, 0.6) is 0 Å². The molecule has 0 aliphatic heterocycles. The summed E-state index contributed by atoms with van der Waals surface area (Å²) < 4.78 is 25.6. The molecule has 0 unspecified atom stereocenters. The van der Waals surface area contributed by atoms with Crippen LogP contribution in [0, 0.1) is 6.92 Å². The number of H-pyrrole nitrogens is 1. The Bertz CT molecular complexity index is 473. The Hall–Kier alpha value is -0.920. The second-order valence-electron chi connectivity index (χ2n) is 4.58. The topological polar surface area (TPSA) is 86.3 Å². The number of likely N-dealkylation sites (N-methyl/N-ethyl adjacent to an activating group) is 1. The van der Waals surface area contributed by atoms with E-state index < -0.39 is 15.6 Å². The van der Waals surface area contributed by atoms with E-state index in [1.165, 1.54) is 10.5 Å². The van der Waals surface area contributed by atoms with Gasteiger partial charge >= 0.3 is 0 Å². The lowest BCUT2D eigenvalue weighted by Crippen LogP contribution is -2.42. The van der Waals surface area contributed by atoms with Crippen LogP contribution in [0.4, 0.5) is 0 Å². The van der Waals surface area contributed by atoms with Gasteiger partial charge < -0.3 is 10.1 Å². The Balaban J connectivity index is 3.03. The number of hydrogen-bond donors (Lipinski definition) is 2. The molecule has 0 amide bonds. The van der Waals surface area contributed by atoms with Gasteiger partial charge in [-0.05, 0) is 20.8 Å². The summed E-state index contributed by atoms with van der Waals surface area (Å²) in [5.41, 5.74) is -1.07. The molecular weight excluding hydrogens is 242 g/mol. The number of rotatable bonds is 5. The Kier molecular flexibility index (Phi) is 3.95. The van der Waals surface area contributed by atoms with Crippen LogP contribution in [0.2, 0.25) is 0 Å². The van der Waals surface area contributed by atoms with Gasteiger partial charge in [0, 0.05) is 13.1 Å². The minimum Gasteiger partial charge on any atom is -0.389 e. The third-order valence-corrected chi connectivity index (χ3v) is 4.04. The van der Waals surface area contributed by atoms with Crippen molar-refractivity contribution in [3.63, 3.8) is 0 Å². The summed E-state index contributed by atoms with van der Waals surface area (Å²) in [6.07, 6.45) is 1.29. The molecule has 17 heavy (non-hydrogen) atoms. The van der Waals surface area contributed by atoms with Gasteiger partial charge in [0.15, 0.2) is 5.03 Å². The molecule has 0 aromatic carbocycles. The van der Waals surface area contributed by atoms with E-state index in [1.54, 1.807) is 27.7 Å². The van der Waals surface area contributed by atoms with Crippen LogP contribution in [0.3, 0.4) is 0 Å². The Labute approximate surface area is 102 Å². The number of nitrogens with zero attached hydrogens (tertiary/aromatic N) is 2. The summed E-state index contributed by atoms with van der Waals surface area (Å²) in [5, 5.41) is 9.76. The van der Waals surface area contributed by atoms with E-state index in [0.717, 1.165) is 0 Å². The Morgan fingerprint density at radius 1 is 1.53 bits per heavy atom. The number of nitrogens with one attached hydrogen (secondary N) is 1. The van der Waals surface area contributed by atoms with Gasteiger partial charge in [0.1, 0.15) is 5.82 Å². The summed E-state index contributed by atoms with van der Waals surface area (Å²) in [6.45, 7) is 6.90. The fourth-order valence-corrected chi connectivity index (χ4v) is 3.03. The van der Waals surface area contributed by atoms with Crippen molar-refractivity contribution in [2.45, 2.75) is 38.3 Å². The van der Waals surface area contributed by atoms with Crippen molar-refractivity contribution in [2.24, 2.45) is 0 Å². The van der Waals surface area contributed by atoms with Gasteiger partial charge in [-0.3, -0.25) is 0 Å². The maximum absolute atomic E-state index is 12.2. The number of aromatic amines is 1. The van der Waals surface area contributed by atoms with Crippen molar-refractivity contribution < 1.29 is 13.5 Å². The second kappa shape index (κ2) is 4.75. The lowest BCUT2D eigenvalue weighted by Gasteiger charge is -2.26. The molecule has 1 aromatic heterocycles. The van der Waals surface area contributed by atoms with Crippen molar-refractivity contribution in [3.8, 4) is 0 Å². The minimum absolute atomic E-state index is 0.0455. The van der Waals surface area contributed by atoms with Crippen LogP contribution in [0.25, 0.3) is 0 Å². The van der Waals surface area contributed by atoms with Gasteiger partial charge in [-0.25, -0.2) is 13.4 Å². The fourth-order valence-electron chi connectivity index (χ4n) is 1.47. The van der Waals surface area contributed by atoms with Crippen LogP contribution in [-0.4, -0.2) is 46.5 Å². The van der Waals surface area contributed by atoms with Crippen molar-refractivity contribution in [2.75, 3.05) is 13.1 Å². The lowest BCUT2D eigenvalue weighted by molar-refractivity contribution is 0.0601. The lowest BCUT2D eigenvalue weighted by atomic mass is 10.1. The van der Waals surface area contributed by atoms with E-state index >= 15 is 0 Å². The van der Waals surface area contributed by atoms with Crippen LogP contribution >= 0.6 is 0 Å². The predicted octanol–water partition coefficient (Wildman–Crippen LogP) is 0.500. The maximum atomic E-state index is 12.2. The van der Waals surface area contributed by atoms with Gasteiger partial charge in [0.05, 0.1) is 11.8 Å². The first-order valence-electron chi connectivity index (χ1n) is 5.41. The number of hydrogen-bond acceptors (Lipinski definition) is 4. The first-order valence-corrected chi connectivity index (χ1v) is 6.85. The van der Waals surface area contributed by atoms with Gasteiger partial charge in [0.25, 0.3) is 10.0 Å². The average Bonchev–Trinajstić information content (AvgIpc) is 2.60. The molecule has 0 atom stereocenters. The molecular formula is C10H19N3O3S. The standard InChI is InChI=1S/C10H19N3O3S/c1-5-13(7-10(3,4)14)17(15,16)9-6-11-8(2)12-9/h6,14H,5,7H2,1-4H3,(H,11,12). The van der Waals surface area contributed by atoms with E-state index in [2.05, 4.69) is 9.97 Å². The molecule has 1 heterocycles. The Morgan fingerprint density at radius 2 is 2.12 bits per heavy atom. The van der Waals surface area contributed by atoms with Crippen LogP contribution < -0.4 is 0 Å². The van der Waals surface area contributed by atoms with Crippen molar-refractivity contribution in [1.82, 2.24) is 14.3 Å².